The highest BCUT2D eigenvalue weighted by Crippen LogP contribution is 2.38. The van der Waals surface area contributed by atoms with E-state index in [0.717, 1.165) is 23.8 Å². The number of amides is 3. The standard InChI is InChI=1S/C26H16Br2F4N2O4S/c27-19-8-15(9-20(28)23(19)38-13-14-4-6-17(29)7-5-14)10-21-24(36)34(25(37)39-21)12-22(35)33-18-3-1-2-16(11-18)26(30,31)32/h1-11H,12-13H2,(H,33,35)/b21-10-. The van der Waals surface area contributed by atoms with Gasteiger partial charge in [0, 0.05) is 5.69 Å². The van der Waals surface area contributed by atoms with Gasteiger partial charge in [0.25, 0.3) is 11.1 Å². The van der Waals surface area contributed by atoms with Crippen LogP contribution in [0.5, 0.6) is 5.75 Å². The van der Waals surface area contributed by atoms with Crippen molar-refractivity contribution in [3.63, 3.8) is 0 Å². The van der Waals surface area contributed by atoms with Crippen molar-refractivity contribution in [2.24, 2.45) is 0 Å². The van der Waals surface area contributed by atoms with Gasteiger partial charge in [-0.25, -0.2) is 4.39 Å². The third-order valence-electron chi connectivity index (χ3n) is 5.26. The van der Waals surface area contributed by atoms with Crippen LogP contribution in [-0.4, -0.2) is 28.5 Å². The number of nitrogens with one attached hydrogen (secondary N) is 1. The Hall–Kier alpha value is -3.16. The van der Waals surface area contributed by atoms with Crippen molar-refractivity contribution in [1.82, 2.24) is 4.90 Å². The maximum absolute atomic E-state index is 13.1. The first-order valence-corrected chi connectivity index (χ1v) is 13.4. The monoisotopic (exact) mass is 686 g/mol. The van der Waals surface area contributed by atoms with Crippen molar-refractivity contribution in [1.29, 1.82) is 0 Å². The van der Waals surface area contributed by atoms with E-state index in [9.17, 15) is 31.9 Å². The molecule has 1 N–H and O–H groups in total. The topological polar surface area (TPSA) is 75.7 Å². The van der Waals surface area contributed by atoms with E-state index in [-0.39, 0.29) is 23.0 Å². The first-order valence-electron chi connectivity index (χ1n) is 11.0. The minimum absolute atomic E-state index is 0.0608. The summed E-state index contributed by atoms with van der Waals surface area (Å²) >= 11 is 7.47. The van der Waals surface area contributed by atoms with Crippen molar-refractivity contribution < 1.29 is 36.7 Å². The van der Waals surface area contributed by atoms with E-state index in [4.69, 9.17) is 4.74 Å². The Balaban J connectivity index is 1.42. The summed E-state index contributed by atoms with van der Waals surface area (Å²) < 4.78 is 58.7. The van der Waals surface area contributed by atoms with Crippen LogP contribution >= 0.6 is 43.6 Å². The van der Waals surface area contributed by atoms with Crippen molar-refractivity contribution in [3.8, 4) is 5.75 Å². The second-order valence-corrected chi connectivity index (χ2v) is 10.8. The molecule has 4 rings (SSSR count). The predicted molar refractivity (Wildman–Crippen MR) is 145 cm³/mol. The van der Waals surface area contributed by atoms with E-state index >= 15 is 0 Å². The molecule has 3 aromatic carbocycles. The summed E-state index contributed by atoms with van der Waals surface area (Å²) in [6.07, 6.45) is -3.12. The fourth-order valence-corrected chi connectivity index (χ4v) is 5.73. The minimum atomic E-state index is -4.59. The fraction of sp³-hybridized carbons (Fsp3) is 0.115. The number of hydrogen-bond acceptors (Lipinski definition) is 5. The Bertz CT molecular complexity index is 1460. The van der Waals surface area contributed by atoms with Gasteiger partial charge in [0.05, 0.1) is 19.4 Å². The molecule has 1 fully saturated rings. The molecule has 1 saturated heterocycles. The van der Waals surface area contributed by atoms with Gasteiger partial charge in [0.1, 0.15) is 24.7 Å². The Kier molecular flexibility index (Phi) is 8.82. The zero-order valence-electron chi connectivity index (χ0n) is 19.5. The highest BCUT2D eigenvalue weighted by Gasteiger charge is 2.36. The summed E-state index contributed by atoms with van der Waals surface area (Å²) in [6, 6.07) is 13.2. The lowest BCUT2D eigenvalue weighted by atomic mass is 10.2. The van der Waals surface area contributed by atoms with Crippen molar-refractivity contribution >= 4 is 72.4 Å². The molecule has 0 spiro atoms. The lowest BCUT2D eigenvalue weighted by Gasteiger charge is -2.13. The van der Waals surface area contributed by atoms with Gasteiger partial charge in [-0.2, -0.15) is 13.2 Å². The normalized spacial score (nSPS) is 14.7. The Morgan fingerprint density at radius 3 is 2.33 bits per heavy atom. The van der Waals surface area contributed by atoms with E-state index in [2.05, 4.69) is 37.2 Å². The molecule has 1 heterocycles. The summed E-state index contributed by atoms with van der Waals surface area (Å²) in [5, 5.41) is 1.58. The third-order valence-corrected chi connectivity index (χ3v) is 7.35. The molecule has 0 saturated carbocycles. The Morgan fingerprint density at radius 2 is 1.69 bits per heavy atom. The number of nitrogens with zero attached hydrogens (tertiary/aromatic N) is 1. The quantitative estimate of drug-likeness (QED) is 0.204. The second kappa shape index (κ2) is 11.9. The average molecular weight is 688 g/mol. The van der Waals surface area contributed by atoms with Gasteiger partial charge in [0.2, 0.25) is 5.91 Å². The molecule has 0 bridgehead atoms. The van der Waals surface area contributed by atoms with Crippen molar-refractivity contribution in [2.75, 3.05) is 11.9 Å². The number of alkyl halides is 3. The van der Waals surface area contributed by atoms with Crippen LogP contribution in [0.2, 0.25) is 0 Å². The minimum Gasteiger partial charge on any atom is -0.487 e. The van der Waals surface area contributed by atoms with Crippen LogP contribution in [0.25, 0.3) is 6.08 Å². The molecule has 1 aliphatic heterocycles. The summed E-state index contributed by atoms with van der Waals surface area (Å²) in [7, 11) is 0. The highest BCUT2D eigenvalue weighted by molar-refractivity contribution is 9.11. The number of ether oxygens (including phenoxy) is 1. The maximum Gasteiger partial charge on any atom is 0.416 e. The molecule has 0 radical (unpaired) electrons. The first kappa shape index (κ1) is 28.8. The molecule has 0 unspecified atom stereocenters. The van der Waals surface area contributed by atoms with Gasteiger partial charge in [0.15, 0.2) is 0 Å². The lowest BCUT2D eigenvalue weighted by molar-refractivity contribution is -0.137. The number of halogens is 6. The first-order chi connectivity index (χ1) is 18.4. The van der Waals surface area contributed by atoms with Gasteiger partial charge in [-0.05, 0) is 103 Å². The smallest absolute Gasteiger partial charge is 0.416 e. The Morgan fingerprint density at radius 1 is 1.03 bits per heavy atom. The molecule has 202 valence electrons. The fourth-order valence-electron chi connectivity index (χ4n) is 3.44. The van der Waals surface area contributed by atoms with Crippen LogP contribution in [0.4, 0.5) is 28.0 Å². The number of benzene rings is 3. The lowest BCUT2D eigenvalue weighted by Crippen LogP contribution is -2.36. The predicted octanol–water partition coefficient (Wildman–Crippen LogP) is 7.62. The van der Waals surface area contributed by atoms with Crippen LogP contribution in [0.1, 0.15) is 16.7 Å². The van der Waals surface area contributed by atoms with Gasteiger partial charge < -0.3 is 10.1 Å². The number of carbonyl (C=O) groups excluding carboxylic acids is 3. The van der Waals surface area contributed by atoms with E-state index < -0.39 is 35.3 Å². The van der Waals surface area contributed by atoms with Crippen LogP contribution in [0.3, 0.4) is 0 Å². The number of carbonyl (C=O) groups is 3. The van der Waals surface area contributed by atoms with E-state index in [1.807, 2.05) is 0 Å². The Labute approximate surface area is 240 Å². The molecule has 39 heavy (non-hydrogen) atoms. The second-order valence-electron chi connectivity index (χ2n) is 8.12. The maximum atomic E-state index is 13.1. The zero-order chi connectivity index (χ0) is 28.3. The van der Waals surface area contributed by atoms with E-state index in [1.165, 1.54) is 24.3 Å². The molecule has 13 heteroatoms. The summed E-state index contributed by atoms with van der Waals surface area (Å²) in [5.41, 5.74) is 0.235. The van der Waals surface area contributed by atoms with Crippen LogP contribution in [-0.2, 0) is 22.4 Å². The van der Waals surface area contributed by atoms with Crippen LogP contribution < -0.4 is 10.1 Å². The van der Waals surface area contributed by atoms with E-state index in [0.29, 0.717) is 36.9 Å². The summed E-state index contributed by atoms with van der Waals surface area (Å²) in [6.45, 7) is -0.486. The summed E-state index contributed by atoms with van der Waals surface area (Å²) in [4.78, 5) is 38.4. The molecule has 0 atom stereocenters. The van der Waals surface area contributed by atoms with Gasteiger partial charge in [-0.3, -0.25) is 19.3 Å². The van der Waals surface area contributed by atoms with E-state index in [1.54, 1.807) is 24.3 Å². The highest BCUT2D eigenvalue weighted by atomic mass is 79.9. The molecule has 3 amide bonds. The van der Waals surface area contributed by atoms with Crippen LogP contribution in [0.15, 0.2) is 74.5 Å². The summed E-state index contributed by atoms with van der Waals surface area (Å²) in [5.74, 6) is -1.43. The number of hydrogen-bond donors (Lipinski definition) is 1. The molecule has 1 aliphatic rings. The number of imide groups is 1. The SMILES string of the molecule is O=C(CN1C(=O)S/C(=C\c2cc(Br)c(OCc3ccc(F)cc3)c(Br)c2)C1=O)Nc1cccc(C(F)(F)F)c1. The zero-order valence-corrected chi connectivity index (χ0v) is 23.5. The molecular weight excluding hydrogens is 672 g/mol. The molecule has 0 aliphatic carbocycles. The van der Waals surface area contributed by atoms with Crippen molar-refractivity contribution in [3.05, 3.63) is 97.0 Å². The van der Waals surface area contributed by atoms with Gasteiger partial charge >= 0.3 is 6.18 Å². The van der Waals surface area contributed by atoms with Crippen LogP contribution in [0, 0.1) is 5.82 Å². The molecular formula is C26H16Br2F4N2O4S. The van der Waals surface area contributed by atoms with Crippen molar-refractivity contribution in [2.45, 2.75) is 12.8 Å². The third kappa shape index (κ3) is 7.28. The largest absolute Gasteiger partial charge is 0.487 e. The molecule has 6 nitrogen and oxygen atoms in total. The molecule has 3 aromatic rings. The average Bonchev–Trinajstić information content (AvgIpc) is 3.11. The molecule has 0 aromatic heterocycles. The number of thioether (sulfide) groups is 1. The van der Waals surface area contributed by atoms with Gasteiger partial charge in [-0.1, -0.05) is 18.2 Å². The van der Waals surface area contributed by atoms with Gasteiger partial charge in [-0.15, -0.1) is 0 Å². The number of rotatable bonds is 7. The number of anilines is 1.